The molecule has 1 spiro atoms. The molecule has 0 saturated carbocycles. The highest BCUT2D eigenvalue weighted by atomic mass is 127. The van der Waals surface area contributed by atoms with Crippen molar-refractivity contribution in [1.82, 2.24) is 10.2 Å². The van der Waals surface area contributed by atoms with Gasteiger partial charge < -0.3 is 20.1 Å². The van der Waals surface area contributed by atoms with Gasteiger partial charge in [-0.25, -0.2) is 0 Å². The summed E-state index contributed by atoms with van der Waals surface area (Å²) in [5.41, 5.74) is 0.360. The monoisotopic (exact) mass is 453 g/mol. The summed E-state index contributed by atoms with van der Waals surface area (Å²) in [5.74, 6) is 2.16. The number of nitrogens with zero attached hydrogens (tertiary/aromatic N) is 2. The summed E-state index contributed by atoms with van der Waals surface area (Å²) in [4.78, 5) is 7.31. The van der Waals surface area contributed by atoms with E-state index in [4.69, 9.17) is 9.73 Å². The molecule has 2 heterocycles. The second-order valence-electron chi connectivity index (χ2n) is 7.68. The molecule has 2 N–H and O–H groups in total. The molecule has 2 fully saturated rings. The summed E-state index contributed by atoms with van der Waals surface area (Å²) < 4.78 is 5.63. The van der Waals surface area contributed by atoms with E-state index in [9.17, 15) is 5.11 Å². The third-order valence-corrected chi connectivity index (χ3v) is 5.10. The molecule has 0 bridgehead atoms. The van der Waals surface area contributed by atoms with Gasteiger partial charge in [0.2, 0.25) is 0 Å². The van der Waals surface area contributed by atoms with Crippen LogP contribution in [0.1, 0.15) is 46.5 Å². The van der Waals surface area contributed by atoms with Crippen molar-refractivity contribution in [1.29, 1.82) is 0 Å². The Labute approximate surface area is 164 Å². The largest absolute Gasteiger partial charge is 0.396 e. The third-order valence-electron chi connectivity index (χ3n) is 5.10. The van der Waals surface area contributed by atoms with Crippen molar-refractivity contribution in [2.75, 3.05) is 46.0 Å². The average molecular weight is 453 g/mol. The van der Waals surface area contributed by atoms with Crippen molar-refractivity contribution in [3.63, 3.8) is 0 Å². The zero-order valence-electron chi connectivity index (χ0n) is 15.6. The lowest BCUT2D eigenvalue weighted by Crippen LogP contribution is -2.41. The van der Waals surface area contributed by atoms with Crippen molar-refractivity contribution in [2.24, 2.45) is 22.2 Å². The molecule has 2 rings (SSSR count). The summed E-state index contributed by atoms with van der Waals surface area (Å²) >= 11 is 0. The lowest BCUT2D eigenvalue weighted by atomic mass is 9.87. The molecule has 2 saturated heterocycles. The highest BCUT2D eigenvalue weighted by molar-refractivity contribution is 14.0. The van der Waals surface area contributed by atoms with Crippen LogP contribution in [0.3, 0.4) is 0 Å². The van der Waals surface area contributed by atoms with Crippen LogP contribution in [0.15, 0.2) is 4.99 Å². The number of hydrogen-bond acceptors (Lipinski definition) is 3. The molecule has 24 heavy (non-hydrogen) atoms. The van der Waals surface area contributed by atoms with Crippen LogP contribution in [0.2, 0.25) is 0 Å². The summed E-state index contributed by atoms with van der Waals surface area (Å²) in [6, 6.07) is 0. The van der Waals surface area contributed by atoms with Gasteiger partial charge in [0.1, 0.15) is 0 Å². The van der Waals surface area contributed by atoms with E-state index in [0.717, 1.165) is 58.2 Å². The van der Waals surface area contributed by atoms with Crippen molar-refractivity contribution in [3.05, 3.63) is 0 Å². The fourth-order valence-corrected chi connectivity index (χ4v) is 3.86. The highest BCUT2D eigenvalue weighted by Crippen LogP contribution is 2.38. The molecule has 0 aromatic carbocycles. The third kappa shape index (κ3) is 6.33. The first kappa shape index (κ1) is 22.0. The lowest BCUT2D eigenvalue weighted by molar-refractivity contribution is 0.156. The van der Waals surface area contributed by atoms with Crippen LogP contribution in [0.4, 0.5) is 0 Å². The van der Waals surface area contributed by atoms with E-state index in [2.05, 4.69) is 31.0 Å². The number of ether oxygens (including phenoxy) is 1. The minimum absolute atomic E-state index is 0. The van der Waals surface area contributed by atoms with E-state index in [0.29, 0.717) is 17.3 Å². The smallest absolute Gasteiger partial charge is 0.193 e. The van der Waals surface area contributed by atoms with Gasteiger partial charge in [-0.3, -0.25) is 4.99 Å². The van der Waals surface area contributed by atoms with Gasteiger partial charge in [-0.1, -0.05) is 13.8 Å². The predicted molar refractivity (Wildman–Crippen MR) is 110 cm³/mol. The Morgan fingerprint density at radius 2 is 2.17 bits per heavy atom. The Kier molecular flexibility index (Phi) is 9.89. The number of aliphatic imine (C=N–C) groups is 1. The first-order valence-electron chi connectivity index (χ1n) is 9.30. The van der Waals surface area contributed by atoms with E-state index in [-0.39, 0.29) is 30.6 Å². The quantitative estimate of drug-likeness (QED) is 0.354. The predicted octanol–water partition coefficient (Wildman–Crippen LogP) is 2.73. The first-order valence-corrected chi connectivity index (χ1v) is 9.30. The molecular formula is C18H36IN3O2. The number of halogens is 1. The van der Waals surface area contributed by atoms with E-state index >= 15 is 0 Å². The molecule has 6 heteroatoms. The number of rotatable bonds is 7. The minimum atomic E-state index is 0. The van der Waals surface area contributed by atoms with Crippen LogP contribution >= 0.6 is 24.0 Å². The van der Waals surface area contributed by atoms with Crippen LogP contribution in [0, 0.1) is 17.3 Å². The number of aliphatic hydroxyl groups excluding tert-OH is 1. The SMILES string of the molecule is CCNC(=NCC(CCO)CC(C)C)N1CCC2(CCOC2)C1.I. The Balaban J connectivity index is 0.00000288. The van der Waals surface area contributed by atoms with Gasteiger partial charge in [-0.2, -0.15) is 0 Å². The minimum Gasteiger partial charge on any atom is -0.396 e. The number of aliphatic hydroxyl groups is 1. The molecule has 0 amide bonds. The van der Waals surface area contributed by atoms with Gasteiger partial charge in [0.05, 0.1) is 6.61 Å². The summed E-state index contributed by atoms with van der Waals surface area (Å²) in [5, 5.41) is 12.7. The molecule has 2 atom stereocenters. The van der Waals surface area contributed by atoms with Crippen LogP contribution in [-0.2, 0) is 4.74 Å². The molecular weight excluding hydrogens is 417 g/mol. The van der Waals surface area contributed by atoms with E-state index < -0.39 is 0 Å². The Bertz CT molecular complexity index is 384. The Morgan fingerprint density at radius 3 is 2.75 bits per heavy atom. The highest BCUT2D eigenvalue weighted by Gasteiger charge is 2.42. The fraction of sp³-hybridized carbons (Fsp3) is 0.944. The topological polar surface area (TPSA) is 57.1 Å². The van der Waals surface area contributed by atoms with Crippen LogP contribution < -0.4 is 5.32 Å². The molecule has 2 aliphatic heterocycles. The first-order chi connectivity index (χ1) is 11.1. The normalized spacial score (nSPS) is 25.4. The second kappa shape index (κ2) is 10.8. The maximum absolute atomic E-state index is 9.28. The summed E-state index contributed by atoms with van der Waals surface area (Å²) in [6.45, 7) is 12.5. The van der Waals surface area contributed by atoms with Gasteiger partial charge in [0, 0.05) is 44.8 Å². The maximum Gasteiger partial charge on any atom is 0.193 e. The zero-order chi connectivity index (χ0) is 16.7. The average Bonchev–Trinajstić information content (AvgIpc) is 3.13. The lowest BCUT2D eigenvalue weighted by Gasteiger charge is -2.25. The number of hydrogen-bond donors (Lipinski definition) is 2. The van der Waals surface area contributed by atoms with E-state index in [1.54, 1.807) is 0 Å². The number of guanidine groups is 1. The number of likely N-dealkylation sites (tertiary alicyclic amines) is 1. The van der Waals surface area contributed by atoms with Crippen LogP contribution in [0.5, 0.6) is 0 Å². The zero-order valence-corrected chi connectivity index (χ0v) is 17.9. The molecule has 0 aromatic heterocycles. The molecule has 0 aromatic rings. The van der Waals surface area contributed by atoms with Crippen molar-refractivity contribution in [3.8, 4) is 0 Å². The standard InChI is InChI=1S/C18H35N3O2.HI/c1-4-19-17(20-12-16(5-9-22)11-15(2)3)21-8-6-18(13-21)7-10-23-14-18;/h15-16,22H,4-14H2,1-3H3,(H,19,20);1H. The van der Waals surface area contributed by atoms with Crippen LogP contribution in [-0.4, -0.2) is 62.0 Å². The Hall–Kier alpha value is -0.0800. The molecule has 2 aliphatic rings. The maximum atomic E-state index is 9.28. The number of nitrogens with one attached hydrogen (secondary N) is 1. The van der Waals surface area contributed by atoms with Crippen molar-refractivity contribution < 1.29 is 9.84 Å². The molecule has 0 radical (unpaired) electrons. The van der Waals surface area contributed by atoms with E-state index in [1.165, 1.54) is 12.8 Å². The van der Waals surface area contributed by atoms with Gasteiger partial charge in [0.15, 0.2) is 5.96 Å². The van der Waals surface area contributed by atoms with Crippen LogP contribution in [0.25, 0.3) is 0 Å². The van der Waals surface area contributed by atoms with E-state index in [1.807, 2.05) is 0 Å². The molecule has 5 nitrogen and oxygen atoms in total. The fourth-order valence-electron chi connectivity index (χ4n) is 3.86. The summed E-state index contributed by atoms with van der Waals surface area (Å²) in [6.07, 6.45) is 4.37. The van der Waals surface area contributed by atoms with Crippen molar-refractivity contribution in [2.45, 2.75) is 46.5 Å². The second-order valence-corrected chi connectivity index (χ2v) is 7.68. The van der Waals surface area contributed by atoms with Gasteiger partial charge in [-0.05, 0) is 44.4 Å². The summed E-state index contributed by atoms with van der Waals surface area (Å²) in [7, 11) is 0. The van der Waals surface area contributed by atoms with Gasteiger partial charge >= 0.3 is 0 Å². The molecule has 2 unspecified atom stereocenters. The van der Waals surface area contributed by atoms with Gasteiger partial charge in [-0.15, -0.1) is 24.0 Å². The van der Waals surface area contributed by atoms with Crippen molar-refractivity contribution >= 4 is 29.9 Å². The molecule has 142 valence electrons. The molecule has 0 aliphatic carbocycles. The Morgan fingerprint density at radius 1 is 1.38 bits per heavy atom. The van der Waals surface area contributed by atoms with Gasteiger partial charge in [0.25, 0.3) is 0 Å².